The molecule has 1 aromatic rings. The van der Waals surface area contributed by atoms with E-state index < -0.39 is 0 Å². The highest BCUT2D eigenvalue weighted by Gasteiger charge is 2.06. The zero-order valence-electron chi connectivity index (χ0n) is 13.4. The van der Waals surface area contributed by atoms with Crippen molar-refractivity contribution in [3.05, 3.63) is 23.8 Å². The molecule has 1 unspecified atom stereocenters. The van der Waals surface area contributed by atoms with E-state index in [-0.39, 0.29) is 0 Å². The smallest absolute Gasteiger partial charge is 0.160 e. The van der Waals surface area contributed by atoms with E-state index in [2.05, 4.69) is 31.3 Å². The maximum Gasteiger partial charge on any atom is 0.160 e. The molecule has 0 aliphatic heterocycles. The topological polar surface area (TPSA) is 30.5 Å². The van der Waals surface area contributed by atoms with Crippen LogP contribution in [0.4, 0.5) is 0 Å². The second kappa shape index (κ2) is 9.65. The Kier molecular flexibility index (Phi) is 8.12. The summed E-state index contributed by atoms with van der Waals surface area (Å²) in [5.41, 5.74) is 1.28. The van der Waals surface area contributed by atoms with Gasteiger partial charge in [0.05, 0.1) is 14.2 Å². The molecular weight excluding hydrogens is 250 g/mol. The van der Waals surface area contributed by atoms with Crippen LogP contribution >= 0.6 is 0 Å². The van der Waals surface area contributed by atoms with Crippen molar-refractivity contribution in [2.24, 2.45) is 0 Å². The summed E-state index contributed by atoms with van der Waals surface area (Å²) in [6.07, 6.45) is 6.07. The van der Waals surface area contributed by atoms with Gasteiger partial charge in [-0.15, -0.1) is 0 Å². The van der Waals surface area contributed by atoms with E-state index in [9.17, 15) is 0 Å². The third kappa shape index (κ3) is 5.41. The number of benzene rings is 1. The highest BCUT2D eigenvalue weighted by atomic mass is 16.5. The van der Waals surface area contributed by atoms with Crippen LogP contribution in [-0.2, 0) is 6.42 Å². The van der Waals surface area contributed by atoms with Crippen LogP contribution in [0, 0.1) is 0 Å². The lowest BCUT2D eigenvalue weighted by atomic mass is 10.1. The molecule has 0 radical (unpaired) electrons. The van der Waals surface area contributed by atoms with Crippen LogP contribution in [-0.4, -0.2) is 26.8 Å². The second-order valence-electron chi connectivity index (χ2n) is 5.14. The lowest BCUT2D eigenvalue weighted by Gasteiger charge is -2.17. The van der Waals surface area contributed by atoms with Gasteiger partial charge in [-0.1, -0.05) is 32.8 Å². The van der Waals surface area contributed by atoms with Gasteiger partial charge in [-0.05, 0) is 43.5 Å². The van der Waals surface area contributed by atoms with Crippen LogP contribution in [0.2, 0.25) is 0 Å². The molecule has 0 saturated heterocycles. The molecule has 1 N–H and O–H groups in total. The molecule has 114 valence electrons. The molecular formula is C17H29NO2. The number of rotatable bonds is 10. The van der Waals surface area contributed by atoms with Gasteiger partial charge in [-0.25, -0.2) is 0 Å². The second-order valence-corrected chi connectivity index (χ2v) is 5.14. The molecule has 20 heavy (non-hydrogen) atoms. The predicted molar refractivity (Wildman–Crippen MR) is 84.9 cm³/mol. The molecule has 3 heteroatoms. The monoisotopic (exact) mass is 279 g/mol. The number of methoxy groups -OCH3 is 2. The molecule has 1 rings (SSSR count). The van der Waals surface area contributed by atoms with E-state index in [4.69, 9.17) is 9.47 Å². The third-order valence-corrected chi connectivity index (χ3v) is 3.69. The summed E-state index contributed by atoms with van der Waals surface area (Å²) in [6.45, 7) is 5.51. The van der Waals surface area contributed by atoms with Crippen LogP contribution in [0.5, 0.6) is 11.5 Å². The van der Waals surface area contributed by atoms with Crippen LogP contribution < -0.4 is 14.8 Å². The first-order valence-corrected chi connectivity index (χ1v) is 7.69. The van der Waals surface area contributed by atoms with Gasteiger partial charge in [-0.3, -0.25) is 0 Å². The molecule has 1 atom stereocenters. The van der Waals surface area contributed by atoms with Crippen molar-refractivity contribution >= 4 is 0 Å². The molecule has 0 aliphatic rings. The van der Waals surface area contributed by atoms with Crippen molar-refractivity contribution in [2.45, 2.75) is 52.0 Å². The van der Waals surface area contributed by atoms with Crippen molar-refractivity contribution < 1.29 is 9.47 Å². The molecule has 0 fully saturated rings. The molecule has 0 saturated carbocycles. The lowest BCUT2D eigenvalue weighted by molar-refractivity contribution is 0.354. The molecule has 0 amide bonds. The van der Waals surface area contributed by atoms with Crippen molar-refractivity contribution in [2.75, 3.05) is 20.8 Å². The number of unbranched alkanes of at least 4 members (excludes halogenated alkanes) is 1. The van der Waals surface area contributed by atoms with Crippen molar-refractivity contribution in [1.29, 1.82) is 0 Å². The quantitative estimate of drug-likeness (QED) is 0.706. The molecule has 0 bridgehead atoms. The lowest BCUT2D eigenvalue weighted by Crippen LogP contribution is -2.30. The van der Waals surface area contributed by atoms with E-state index >= 15 is 0 Å². The van der Waals surface area contributed by atoms with E-state index in [1.54, 1.807) is 14.2 Å². The summed E-state index contributed by atoms with van der Waals surface area (Å²) in [5.74, 6) is 1.60. The third-order valence-electron chi connectivity index (χ3n) is 3.69. The van der Waals surface area contributed by atoms with Gasteiger partial charge in [0.25, 0.3) is 0 Å². The Morgan fingerprint density at radius 3 is 2.45 bits per heavy atom. The average Bonchev–Trinajstić information content (AvgIpc) is 2.50. The summed E-state index contributed by atoms with van der Waals surface area (Å²) < 4.78 is 10.6. The molecule has 0 aromatic heterocycles. The molecule has 0 spiro atoms. The van der Waals surface area contributed by atoms with Gasteiger partial charge in [-0.2, -0.15) is 0 Å². The molecule has 0 aliphatic carbocycles. The first-order chi connectivity index (χ1) is 9.74. The minimum atomic E-state index is 0.648. The predicted octanol–water partition coefficient (Wildman–Crippen LogP) is 3.80. The molecule has 3 nitrogen and oxygen atoms in total. The van der Waals surface area contributed by atoms with Crippen molar-refractivity contribution in [1.82, 2.24) is 5.32 Å². The summed E-state index contributed by atoms with van der Waals surface area (Å²) in [4.78, 5) is 0. The Balaban J connectivity index is 2.44. The van der Waals surface area contributed by atoms with Crippen molar-refractivity contribution in [3.63, 3.8) is 0 Å². The molecule has 0 heterocycles. The summed E-state index contributed by atoms with van der Waals surface area (Å²) in [6, 6.07) is 6.79. The van der Waals surface area contributed by atoms with Crippen LogP contribution in [0.3, 0.4) is 0 Å². The van der Waals surface area contributed by atoms with E-state index in [1.807, 2.05) is 6.07 Å². The summed E-state index contributed by atoms with van der Waals surface area (Å²) >= 11 is 0. The van der Waals surface area contributed by atoms with Gasteiger partial charge in [0.2, 0.25) is 0 Å². The van der Waals surface area contributed by atoms with Gasteiger partial charge < -0.3 is 14.8 Å². The van der Waals surface area contributed by atoms with Gasteiger partial charge >= 0.3 is 0 Å². The first kappa shape index (κ1) is 16.8. The number of hydrogen-bond acceptors (Lipinski definition) is 3. The number of ether oxygens (including phenoxy) is 2. The number of nitrogens with one attached hydrogen (secondary N) is 1. The molecule has 1 aromatic carbocycles. The Morgan fingerprint density at radius 1 is 1.10 bits per heavy atom. The largest absolute Gasteiger partial charge is 0.493 e. The van der Waals surface area contributed by atoms with E-state index in [1.165, 1.54) is 31.2 Å². The zero-order chi connectivity index (χ0) is 14.8. The van der Waals surface area contributed by atoms with Gasteiger partial charge in [0, 0.05) is 6.04 Å². The number of hydrogen-bond donors (Lipinski definition) is 1. The van der Waals surface area contributed by atoms with Crippen LogP contribution in [0.25, 0.3) is 0 Å². The fraction of sp³-hybridized carbons (Fsp3) is 0.647. The Labute approximate surface area is 123 Å². The van der Waals surface area contributed by atoms with Crippen LogP contribution in [0.15, 0.2) is 18.2 Å². The summed E-state index contributed by atoms with van der Waals surface area (Å²) in [5, 5.41) is 3.65. The minimum absolute atomic E-state index is 0.648. The van der Waals surface area contributed by atoms with E-state index in [0.29, 0.717) is 6.04 Å². The Hall–Kier alpha value is -1.22. The zero-order valence-corrected chi connectivity index (χ0v) is 13.4. The maximum absolute atomic E-state index is 5.33. The Bertz CT molecular complexity index is 379. The fourth-order valence-corrected chi connectivity index (χ4v) is 2.36. The van der Waals surface area contributed by atoms with Gasteiger partial charge in [0.15, 0.2) is 11.5 Å². The maximum atomic E-state index is 5.33. The summed E-state index contributed by atoms with van der Waals surface area (Å²) in [7, 11) is 3.34. The van der Waals surface area contributed by atoms with Crippen LogP contribution in [0.1, 0.15) is 45.1 Å². The highest BCUT2D eigenvalue weighted by Crippen LogP contribution is 2.27. The normalized spacial score (nSPS) is 12.2. The SMILES string of the molecule is CCCCC(CC)NCCc1ccc(OC)c(OC)c1. The standard InChI is InChI=1S/C17H29NO2/c1-5-7-8-15(6-2)18-12-11-14-9-10-16(19-3)17(13-14)20-4/h9-10,13,15,18H,5-8,11-12H2,1-4H3. The average molecular weight is 279 g/mol. The van der Waals surface area contributed by atoms with Gasteiger partial charge in [0.1, 0.15) is 0 Å². The van der Waals surface area contributed by atoms with Crippen molar-refractivity contribution in [3.8, 4) is 11.5 Å². The first-order valence-electron chi connectivity index (χ1n) is 7.69. The van der Waals surface area contributed by atoms with E-state index in [0.717, 1.165) is 24.5 Å². The minimum Gasteiger partial charge on any atom is -0.493 e. The highest BCUT2D eigenvalue weighted by molar-refractivity contribution is 5.42. The fourth-order valence-electron chi connectivity index (χ4n) is 2.36. The Morgan fingerprint density at radius 2 is 1.85 bits per heavy atom.